The number of H-pyrrole nitrogens is 1. The molecule has 0 fully saturated rings. The molecule has 62 valence electrons. The molecule has 0 atom stereocenters. The molecule has 0 aliphatic rings. The van der Waals surface area contributed by atoms with Gasteiger partial charge in [-0.3, -0.25) is 0 Å². The fourth-order valence-corrected chi connectivity index (χ4v) is 1.27. The number of carboxylic acids is 1. The van der Waals surface area contributed by atoms with Gasteiger partial charge in [0.25, 0.3) is 0 Å². The van der Waals surface area contributed by atoms with Crippen molar-refractivity contribution in [3.8, 4) is 0 Å². The van der Waals surface area contributed by atoms with Gasteiger partial charge in [0.1, 0.15) is 13.5 Å². The van der Waals surface area contributed by atoms with Crippen LogP contribution in [0.15, 0.2) is 24.3 Å². The van der Waals surface area contributed by atoms with Gasteiger partial charge in [-0.2, -0.15) is 0 Å². The molecule has 0 bridgehead atoms. The van der Waals surface area contributed by atoms with Gasteiger partial charge in [0, 0.05) is 5.52 Å². The van der Waals surface area contributed by atoms with E-state index in [1.54, 1.807) is 24.3 Å². The number of aromatic nitrogens is 1. The number of carbonyl (C=O) groups is 1. The van der Waals surface area contributed by atoms with E-state index < -0.39 is 5.97 Å². The van der Waals surface area contributed by atoms with Gasteiger partial charge in [0.2, 0.25) is 0 Å². The molecule has 4 heteroatoms. The topological polar surface area (TPSA) is 53.1 Å². The smallest absolute Gasteiger partial charge is 0.352 e. The number of fused-ring (bicyclic) bond motifs is 1. The van der Waals surface area contributed by atoms with E-state index in [1.807, 2.05) is 0 Å². The van der Waals surface area contributed by atoms with Crippen LogP contribution in [0.2, 0.25) is 0 Å². The largest absolute Gasteiger partial charge is 0.477 e. The van der Waals surface area contributed by atoms with Crippen LogP contribution in [0.3, 0.4) is 0 Å². The summed E-state index contributed by atoms with van der Waals surface area (Å²) in [7, 11) is 5.55. The van der Waals surface area contributed by atoms with Crippen molar-refractivity contribution in [2.75, 3.05) is 0 Å². The zero-order valence-corrected chi connectivity index (χ0v) is 6.74. The molecule has 0 aliphatic heterocycles. The van der Waals surface area contributed by atoms with E-state index in [4.69, 9.17) is 13.0 Å². The third-order valence-electron chi connectivity index (χ3n) is 1.88. The number of hydrogen-bond donors (Lipinski definition) is 2. The Morgan fingerprint density at radius 1 is 1.38 bits per heavy atom. The van der Waals surface area contributed by atoms with E-state index in [9.17, 15) is 4.79 Å². The highest BCUT2D eigenvalue weighted by Gasteiger charge is 2.06. The standard InChI is InChI=1S/C9H6BNO2/c10-6-1-2-7-5(3-6)4-8(11-7)9(12)13/h1-4,11H,(H,12,13). The van der Waals surface area contributed by atoms with Crippen LogP contribution in [0.5, 0.6) is 0 Å². The van der Waals surface area contributed by atoms with Crippen molar-refractivity contribution in [2.24, 2.45) is 0 Å². The maximum absolute atomic E-state index is 10.6. The molecule has 1 heterocycles. The van der Waals surface area contributed by atoms with Gasteiger partial charge >= 0.3 is 5.97 Å². The number of aromatic carboxylic acids is 1. The van der Waals surface area contributed by atoms with Crippen molar-refractivity contribution in [2.45, 2.75) is 0 Å². The normalized spacial score (nSPS) is 10.5. The van der Waals surface area contributed by atoms with Gasteiger partial charge in [-0.05, 0) is 17.5 Å². The molecule has 2 radical (unpaired) electrons. The SMILES string of the molecule is [B]c1ccc2[nH]c(C(=O)O)cc2c1. The first-order valence-corrected chi connectivity index (χ1v) is 3.78. The summed E-state index contributed by atoms with van der Waals surface area (Å²) in [5.41, 5.74) is 1.59. The van der Waals surface area contributed by atoms with E-state index in [0.29, 0.717) is 5.46 Å². The second-order valence-corrected chi connectivity index (χ2v) is 2.83. The van der Waals surface area contributed by atoms with Crippen LogP contribution in [0, 0.1) is 0 Å². The summed E-state index contributed by atoms with van der Waals surface area (Å²) < 4.78 is 0. The molecular formula is C9H6BNO2. The van der Waals surface area contributed by atoms with Gasteiger partial charge in [0.05, 0.1) is 0 Å². The van der Waals surface area contributed by atoms with Gasteiger partial charge in [-0.25, -0.2) is 4.79 Å². The molecule has 0 aliphatic carbocycles. The van der Waals surface area contributed by atoms with E-state index in [0.717, 1.165) is 10.9 Å². The molecule has 1 aromatic heterocycles. The summed E-state index contributed by atoms with van der Waals surface area (Å²) in [6.07, 6.45) is 0. The fourth-order valence-electron chi connectivity index (χ4n) is 1.27. The van der Waals surface area contributed by atoms with Crippen molar-refractivity contribution in [1.82, 2.24) is 4.98 Å². The Labute approximate surface area is 75.8 Å². The van der Waals surface area contributed by atoms with E-state index in [2.05, 4.69) is 4.98 Å². The lowest BCUT2D eigenvalue weighted by Gasteiger charge is -1.90. The molecule has 3 nitrogen and oxygen atoms in total. The van der Waals surface area contributed by atoms with Crippen molar-refractivity contribution >= 4 is 30.2 Å². The average molecular weight is 171 g/mol. The Bertz CT molecular complexity index is 475. The zero-order chi connectivity index (χ0) is 9.42. The van der Waals surface area contributed by atoms with Crippen molar-refractivity contribution in [1.29, 1.82) is 0 Å². The minimum atomic E-state index is -0.963. The maximum atomic E-state index is 10.6. The minimum Gasteiger partial charge on any atom is -0.477 e. The predicted octanol–water partition coefficient (Wildman–Crippen LogP) is 0.660. The van der Waals surface area contributed by atoms with Crippen LogP contribution >= 0.6 is 0 Å². The molecule has 13 heavy (non-hydrogen) atoms. The molecule has 2 N–H and O–H groups in total. The third-order valence-corrected chi connectivity index (χ3v) is 1.88. The highest BCUT2D eigenvalue weighted by atomic mass is 16.4. The summed E-state index contributed by atoms with van der Waals surface area (Å²) in [5.74, 6) is -0.963. The maximum Gasteiger partial charge on any atom is 0.352 e. The number of benzene rings is 1. The molecule has 0 spiro atoms. The first-order valence-electron chi connectivity index (χ1n) is 3.78. The Kier molecular flexibility index (Phi) is 1.62. The van der Waals surface area contributed by atoms with E-state index >= 15 is 0 Å². The van der Waals surface area contributed by atoms with Crippen molar-refractivity contribution < 1.29 is 9.90 Å². The zero-order valence-electron chi connectivity index (χ0n) is 6.74. The third kappa shape index (κ3) is 1.31. The van der Waals surface area contributed by atoms with E-state index in [-0.39, 0.29) is 5.69 Å². The molecule has 0 saturated heterocycles. The Morgan fingerprint density at radius 2 is 2.15 bits per heavy atom. The monoisotopic (exact) mass is 171 g/mol. The number of rotatable bonds is 1. The minimum absolute atomic E-state index is 0.181. The molecule has 0 amide bonds. The lowest BCUT2D eigenvalue weighted by molar-refractivity contribution is 0.0691. The highest BCUT2D eigenvalue weighted by Crippen LogP contribution is 2.13. The van der Waals surface area contributed by atoms with Crippen LogP contribution in [-0.4, -0.2) is 23.9 Å². The highest BCUT2D eigenvalue weighted by molar-refractivity contribution is 6.33. The molecule has 0 unspecified atom stereocenters. The first-order chi connectivity index (χ1) is 6.16. The summed E-state index contributed by atoms with van der Waals surface area (Å²) in [6, 6.07) is 6.79. The van der Waals surface area contributed by atoms with Crippen LogP contribution in [0.1, 0.15) is 10.5 Å². The second kappa shape index (κ2) is 2.66. The van der Waals surface area contributed by atoms with Crippen LogP contribution in [0.4, 0.5) is 0 Å². The lowest BCUT2D eigenvalue weighted by atomic mass is 9.95. The summed E-state index contributed by atoms with van der Waals surface area (Å²) in [4.78, 5) is 13.4. The lowest BCUT2D eigenvalue weighted by Crippen LogP contribution is -1.98. The molecular weight excluding hydrogens is 165 g/mol. The van der Waals surface area contributed by atoms with Crippen LogP contribution in [0.25, 0.3) is 10.9 Å². The fraction of sp³-hybridized carbons (Fsp3) is 0. The second-order valence-electron chi connectivity index (χ2n) is 2.83. The van der Waals surface area contributed by atoms with Crippen molar-refractivity contribution in [3.63, 3.8) is 0 Å². The summed E-state index contributed by atoms with van der Waals surface area (Å²) >= 11 is 0. The number of carboxylic acid groups (broad SMARTS) is 1. The van der Waals surface area contributed by atoms with Gasteiger partial charge in [0.15, 0.2) is 0 Å². The molecule has 2 aromatic rings. The first kappa shape index (κ1) is 7.92. The number of hydrogen-bond acceptors (Lipinski definition) is 1. The number of nitrogens with one attached hydrogen (secondary N) is 1. The van der Waals surface area contributed by atoms with Crippen molar-refractivity contribution in [3.05, 3.63) is 30.0 Å². The van der Waals surface area contributed by atoms with Gasteiger partial charge in [-0.15, -0.1) is 0 Å². The predicted molar refractivity (Wildman–Crippen MR) is 50.6 cm³/mol. The number of aromatic amines is 1. The summed E-state index contributed by atoms with van der Waals surface area (Å²) in [6.45, 7) is 0. The Hall–Kier alpha value is -1.71. The van der Waals surface area contributed by atoms with Gasteiger partial charge < -0.3 is 10.1 Å². The quantitative estimate of drug-likeness (QED) is 0.619. The molecule has 0 saturated carbocycles. The Balaban J connectivity index is 2.68. The van der Waals surface area contributed by atoms with Gasteiger partial charge in [-0.1, -0.05) is 17.6 Å². The molecule has 2 rings (SSSR count). The molecule has 1 aromatic carbocycles. The summed E-state index contributed by atoms with van der Waals surface area (Å²) in [5, 5.41) is 9.51. The Morgan fingerprint density at radius 3 is 2.85 bits per heavy atom. The van der Waals surface area contributed by atoms with Crippen LogP contribution in [-0.2, 0) is 0 Å². The average Bonchev–Trinajstić information content (AvgIpc) is 2.46. The van der Waals surface area contributed by atoms with Crippen LogP contribution < -0.4 is 5.46 Å². The van der Waals surface area contributed by atoms with E-state index in [1.165, 1.54) is 0 Å².